The SMILES string of the molecule is CC#CC(C)CC(C)S(N)=O. The van der Waals surface area contributed by atoms with Crippen LogP contribution in [-0.2, 0) is 11.0 Å². The van der Waals surface area contributed by atoms with Crippen LogP contribution in [0.25, 0.3) is 0 Å². The summed E-state index contributed by atoms with van der Waals surface area (Å²) in [5, 5.41) is 5.25. The van der Waals surface area contributed by atoms with Gasteiger partial charge < -0.3 is 0 Å². The Labute approximate surface area is 71.1 Å². The molecular formula is C8H15NOS. The molecule has 0 aromatic heterocycles. The van der Waals surface area contributed by atoms with Crippen LogP contribution in [0.3, 0.4) is 0 Å². The summed E-state index contributed by atoms with van der Waals surface area (Å²) >= 11 is 0. The van der Waals surface area contributed by atoms with Crippen molar-refractivity contribution in [1.29, 1.82) is 0 Å². The van der Waals surface area contributed by atoms with E-state index in [1.54, 1.807) is 6.92 Å². The monoisotopic (exact) mass is 173 g/mol. The minimum Gasteiger partial charge on any atom is -0.252 e. The zero-order valence-corrected chi connectivity index (χ0v) is 8.07. The van der Waals surface area contributed by atoms with E-state index in [2.05, 4.69) is 11.8 Å². The van der Waals surface area contributed by atoms with Crippen molar-refractivity contribution in [2.24, 2.45) is 11.1 Å². The van der Waals surface area contributed by atoms with Crippen LogP contribution in [0, 0.1) is 17.8 Å². The van der Waals surface area contributed by atoms with Crippen molar-refractivity contribution in [3.63, 3.8) is 0 Å². The predicted octanol–water partition coefficient (Wildman–Crippen LogP) is 1.05. The molecule has 0 fully saturated rings. The summed E-state index contributed by atoms with van der Waals surface area (Å²) in [5.41, 5.74) is 0. The summed E-state index contributed by atoms with van der Waals surface area (Å²) < 4.78 is 10.7. The van der Waals surface area contributed by atoms with Gasteiger partial charge in [-0.2, -0.15) is 0 Å². The van der Waals surface area contributed by atoms with Gasteiger partial charge in [-0.25, -0.2) is 4.21 Å². The van der Waals surface area contributed by atoms with E-state index in [1.165, 1.54) is 0 Å². The van der Waals surface area contributed by atoms with Gasteiger partial charge in [-0.1, -0.05) is 6.92 Å². The first-order valence-electron chi connectivity index (χ1n) is 3.65. The average Bonchev–Trinajstić information content (AvgIpc) is 1.87. The number of hydrogen-bond acceptors (Lipinski definition) is 1. The molecule has 0 aliphatic rings. The molecule has 3 heteroatoms. The second kappa shape index (κ2) is 5.34. The number of nitrogens with two attached hydrogens (primary N) is 1. The van der Waals surface area contributed by atoms with Gasteiger partial charge in [0.25, 0.3) is 0 Å². The average molecular weight is 173 g/mol. The van der Waals surface area contributed by atoms with Crippen LogP contribution in [0.2, 0.25) is 0 Å². The molecular weight excluding hydrogens is 158 g/mol. The molecule has 3 atom stereocenters. The number of hydrogen-bond donors (Lipinski definition) is 1. The predicted molar refractivity (Wildman–Crippen MR) is 49.0 cm³/mol. The van der Waals surface area contributed by atoms with E-state index in [4.69, 9.17) is 5.14 Å². The van der Waals surface area contributed by atoms with Gasteiger partial charge in [0.15, 0.2) is 0 Å². The second-order valence-corrected chi connectivity index (χ2v) is 4.13. The molecule has 0 aliphatic carbocycles. The summed E-state index contributed by atoms with van der Waals surface area (Å²) in [6.45, 7) is 5.70. The van der Waals surface area contributed by atoms with Crippen molar-refractivity contribution >= 4 is 11.0 Å². The fourth-order valence-corrected chi connectivity index (χ4v) is 1.38. The summed E-state index contributed by atoms with van der Waals surface area (Å²) in [4.78, 5) is 0. The molecule has 3 unspecified atom stereocenters. The van der Waals surface area contributed by atoms with Gasteiger partial charge >= 0.3 is 0 Å². The van der Waals surface area contributed by atoms with E-state index < -0.39 is 11.0 Å². The standard InChI is InChI=1S/C8H15NOS/c1-4-5-7(2)6-8(3)11(9)10/h7-8H,6,9H2,1-3H3. The Morgan fingerprint density at radius 2 is 2.09 bits per heavy atom. The molecule has 0 saturated carbocycles. The van der Waals surface area contributed by atoms with Gasteiger partial charge in [0.05, 0.1) is 11.0 Å². The lowest BCUT2D eigenvalue weighted by molar-refractivity contribution is 0.628. The fraction of sp³-hybridized carbons (Fsp3) is 0.750. The lowest BCUT2D eigenvalue weighted by Gasteiger charge is -2.08. The molecule has 2 N–H and O–H groups in total. The van der Waals surface area contributed by atoms with Crippen LogP contribution in [0.4, 0.5) is 0 Å². The zero-order valence-electron chi connectivity index (χ0n) is 7.26. The highest BCUT2D eigenvalue weighted by molar-refractivity contribution is 7.83. The quantitative estimate of drug-likeness (QED) is 0.637. The Hall–Kier alpha value is -0.330. The van der Waals surface area contributed by atoms with Crippen LogP contribution in [0.15, 0.2) is 0 Å². The Balaban J connectivity index is 3.81. The van der Waals surface area contributed by atoms with Gasteiger partial charge in [-0.15, -0.1) is 11.8 Å². The largest absolute Gasteiger partial charge is 0.252 e. The first-order valence-corrected chi connectivity index (χ1v) is 4.92. The van der Waals surface area contributed by atoms with Crippen molar-refractivity contribution in [1.82, 2.24) is 0 Å². The zero-order chi connectivity index (χ0) is 8.85. The van der Waals surface area contributed by atoms with Crippen molar-refractivity contribution in [3.05, 3.63) is 0 Å². The molecule has 2 nitrogen and oxygen atoms in total. The highest BCUT2D eigenvalue weighted by atomic mass is 32.2. The normalized spacial score (nSPS) is 17.8. The molecule has 0 rings (SSSR count). The Morgan fingerprint density at radius 3 is 2.45 bits per heavy atom. The Kier molecular flexibility index (Phi) is 5.18. The third-order valence-corrected chi connectivity index (χ3v) is 2.46. The van der Waals surface area contributed by atoms with E-state index in [0.717, 1.165) is 6.42 Å². The van der Waals surface area contributed by atoms with Gasteiger partial charge in [-0.05, 0) is 20.3 Å². The fourth-order valence-electron chi connectivity index (χ4n) is 0.898. The van der Waals surface area contributed by atoms with Crippen LogP contribution < -0.4 is 5.14 Å². The van der Waals surface area contributed by atoms with Crippen molar-refractivity contribution in [2.45, 2.75) is 32.4 Å². The second-order valence-electron chi connectivity index (χ2n) is 2.67. The van der Waals surface area contributed by atoms with Gasteiger partial charge in [0.2, 0.25) is 0 Å². The minimum absolute atomic E-state index is 0.0471. The molecule has 0 spiro atoms. The molecule has 0 radical (unpaired) electrons. The molecule has 0 heterocycles. The van der Waals surface area contributed by atoms with Crippen LogP contribution in [0.1, 0.15) is 27.2 Å². The van der Waals surface area contributed by atoms with Crippen molar-refractivity contribution in [3.8, 4) is 11.8 Å². The maximum Gasteiger partial charge on any atom is 0.0917 e. The van der Waals surface area contributed by atoms with Crippen LogP contribution in [-0.4, -0.2) is 9.46 Å². The first-order chi connectivity index (χ1) is 5.07. The molecule has 0 bridgehead atoms. The lowest BCUT2D eigenvalue weighted by atomic mass is 10.1. The minimum atomic E-state index is -1.20. The lowest BCUT2D eigenvalue weighted by Crippen LogP contribution is -2.20. The Bertz CT molecular complexity index is 192. The molecule has 0 saturated heterocycles. The van der Waals surface area contributed by atoms with E-state index in [-0.39, 0.29) is 5.25 Å². The first kappa shape index (κ1) is 10.7. The highest BCUT2D eigenvalue weighted by Gasteiger charge is 2.09. The molecule has 11 heavy (non-hydrogen) atoms. The third-order valence-electron chi connectivity index (χ3n) is 1.47. The summed E-state index contributed by atoms with van der Waals surface area (Å²) in [6, 6.07) is 0. The molecule has 0 aliphatic heterocycles. The van der Waals surface area contributed by atoms with Gasteiger partial charge in [0, 0.05) is 11.2 Å². The van der Waals surface area contributed by atoms with Crippen LogP contribution in [0.5, 0.6) is 0 Å². The smallest absolute Gasteiger partial charge is 0.0917 e. The maximum atomic E-state index is 10.7. The van der Waals surface area contributed by atoms with Crippen molar-refractivity contribution < 1.29 is 4.21 Å². The van der Waals surface area contributed by atoms with Crippen LogP contribution >= 0.6 is 0 Å². The van der Waals surface area contributed by atoms with E-state index in [1.807, 2.05) is 13.8 Å². The van der Waals surface area contributed by atoms with E-state index in [0.29, 0.717) is 5.92 Å². The Morgan fingerprint density at radius 1 is 1.55 bits per heavy atom. The molecule has 0 amide bonds. The van der Waals surface area contributed by atoms with Gasteiger partial charge in [-0.3, -0.25) is 5.14 Å². The molecule has 0 aromatic rings. The van der Waals surface area contributed by atoms with Crippen molar-refractivity contribution in [2.75, 3.05) is 0 Å². The summed E-state index contributed by atoms with van der Waals surface area (Å²) in [6.07, 6.45) is 0.809. The summed E-state index contributed by atoms with van der Waals surface area (Å²) in [7, 11) is -1.20. The highest BCUT2D eigenvalue weighted by Crippen LogP contribution is 2.07. The van der Waals surface area contributed by atoms with Gasteiger partial charge in [0.1, 0.15) is 0 Å². The van der Waals surface area contributed by atoms with E-state index in [9.17, 15) is 4.21 Å². The number of rotatable bonds is 3. The third kappa shape index (κ3) is 5.00. The summed E-state index contributed by atoms with van der Waals surface area (Å²) in [5.74, 6) is 6.11. The molecule has 0 aromatic carbocycles. The topological polar surface area (TPSA) is 43.1 Å². The maximum absolute atomic E-state index is 10.7. The molecule has 64 valence electrons. The van der Waals surface area contributed by atoms with E-state index >= 15 is 0 Å².